The van der Waals surface area contributed by atoms with E-state index in [2.05, 4.69) is 11.9 Å². The van der Waals surface area contributed by atoms with Crippen LogP contribution in [0.2, 0.25) is 0 Å². The Kier molecular flexibility index (Phi) is 7.67. The minimum Gasteiger partial charge on any atom is -0.388 e. The highest BCUT2D eigenvalue weighted by atomic mass is 16.1. The summed E-state index contributed by atoms with van der Waals surface area (Å²) in [6.45, 7) is 5.03. The monoisotopic (exact) mass is 313 g/mol. The molecule has 23 heavy (non-hydrogen) atoms. The third-order valence-corrected chi connectivity index (χ3v) is 3.68. The number of hydrogen-bond donors (Lipinski definition) is 1. The smallest absolute Gasteiger partial charge is 0.161 e. The second-order valence-corrected chi connectivity index (χ2v) is 5.23. The Hall–Kier alpha value is -2.49. The SMILES string of the molecule is C=CC(=O)C(/C=C/Cc1c(NC)cccc1C(C)=O)CCC=O. The van der Waals surface area contributed by atoms with Crippen molar-refractivity contribution in [3.8, 4) is 0 Å². The van der Waals surface area contributed by atoms with E-state index in [1.54, 1.807) is 19.2 Å². The molecule has 4 nitrogen and oxygen atoms in total. The third-order valence-electron chi connectivity index (χ3n) is 3.68. The van der Waals surface area contributed by atoms with Gasteiger partial charge in [0.1, 0.15) is 6.29 Å². The van der Waals surface area contributed by atoms with E-state index in [-0.39, 0.29) is 17.5 Å². The van der Waals surface area contributed by atoms with Crippen molar-refractivity contribution >= 4 is 23.5 Å². The summed E-state index contributed by atoms with van der Waals surface area (Å²) in [6, 6.07) is 5.55. The van der Waals surface area contributed by atoms with Gasteiger partial charge in [0.2, 0.25) is 0 Å². The summed E-state index contributed by atoms with van der Waals surface area (Å²) in [5, 5.41) is 3.08. The van der Waals surface area contributed by atoms with Crippen LogP contribution in [0, 0.1) is 5.92 Å². The van der Waals surface area contributed by atoms with Gasteiger partial charge in [-0.1, -0.05) is 30.9 Å². The Bertz CT molecular complexity index is 617. The molecule has 0 aliphatic heterocycles. The quantitative estimate of drug-likeness (QED) is 0.311. The van der Waals surface area contributed by atoms with E-state index in [0.29, 0.717) is 24.8 Å². The van der Waals surface area contributed by atoms with E-state index < -0.39 is 0 Å². The number of ketones is 2. The van der Waals surface area contributed by atoms with Crippen molar-refractivity contribution in [3.63, 3.8) is 0 Å². The molecule has 4 heteroatoms. The summed E-state index contributed by atoms with van der Waals surface area (Å²) in [5.41, 5.74) is 2.46. The van der Waals surface area contributed by atoms with Crippen molar-refractivity contribution in [2.24, 2.45) is 5.92 Å². The van der Waals surface area contributed by atoms with Crippen LogP contribution in [0.25, 0.3) is 0 Å². The number of benzene rings is 1. The van der Waals surface area contributed by atoms with Crippen molar-refractivity contribution in [3.05, 3.63) is 54.1 Å². The second kappa shape index (κ2) is 9.51. The predicted octanol–water partition coefficient (Wildman–Crippen LogP) is 3.38. The van der Waals surface area contributed by atoms with Gasteiger partial charge in [-0.05, 0) is 37.5 Å². The molecule has 1 rings (SSSR count). The maximum atomic E-state index is 11.8. The van der Waals surface area contributed by atoms with Crippen molar-refractivity contribution in [1.29, 1.82) is 0 Å². The molecule has 122 valence electrons. The van der Waals surface area contributed by atoms with Gasteiger partial charge in [0.05, 0.1) is 0 Å². The largest absolute Gasteiger partial charge is 0.388 e. The Balaban J connectivity index is 2.98. The number of Topliss-reactive ketones (excluding diaryl/α,β-unsaturated/α-hetero) is 1. The number of carbonyl (C=O) groups is 3. The minimum absolute atomic E-state index is 0.00479. The lowest BCUT2D eigenvalue weighted by molar-refractivity contribution is -0.117. The number of hydrogen-bond acceptors (Lipinski definition) is 4. The minimum atomic E-state index is -0.347. The number of aldehydes is 1. The lowest BCUT2D eigenvalue weighted by Gasteiger charge is -2.12. The van der Waals surface area contributed by atoms with Gasteiger partial charge in [-0.15, -0.1) is 0 Å². The lowest BCUT2D eigenvalue weighted by Crippen LogP contribution is -2.09. The van der Waals surface area contributed by atoms with Crippen LogP contribution in [0.3, 0.4) is 0 Å². The fourth-order valence-corrected chi connectivity index (χ4v) is 2.45. The zero-order chi connectivity index (χ0) is 17.2. The van der Waals surface area contributed by atoms with Gasteiger partial charge in [-0.3, -0.25) is 9.59 Å². The molecule has 0 bridgehead atoms. The maximum absolute atomic E-state index is 11.8. The normalized spacial score (nSPS) is 11.9. The Labute approximate surface area is 137 Å². The first-order valence-electron chi connectivity index (χ1n) is 7.62. The zero-order valence-electron chi connectivity index (χ0n) is 13.7. The Morgan fingerprint density at radius 3 is 2.65 bits per heavy atom. The molecule has 0 saturated carbocycles. The van der Waals surface area contributed by atoms with E-state index in [4.69, 9.17) is 0 Å². The van der Waals surface area contributed by atoms with Crippen LogP contribution in [-0.4, -0.2) is 24.9 Å². The number of allylic oxidation sites excluding steroid dienone is 3. The number of anilines is 1. The van der Waals surface area contributed by atoms with Gasteiger partial charge in [0.15, 0.2) is 11.6 Å². The molecule has 0 heterocycles. The van der Waals surface area contributed by atoms with E-state index >= 15 is 0 Å². The highest BCUT2D eigenvalue weighted by Gasteiger charge is 2.13. The summed E-state index contributed by atoms with van der Waals surface area (Å²) in [4.78, 5) is 34.1. The van der Waals surface area contributed by atoms with Crippen molar-refractivity contribution < 1.29 is 14.4 Å². The molecular weight excluding hydrogens is 290 g/mol. The maximum Gasteiger partial charge on any atom is 0.161 e. The van der Waals surface area contributed by atoms with Crippen LogP contribution in [0.1, 0.15) is 35.7 Å². The summed E-state index contributed by atoms with van der Waals surface area (Å²) in [5.74, 6) is -0.442. The van der Waals surface area contributed by atoms with Gasteiger partial charge in [-0.25, -0.2) is 0 Å². The fraction of sp³-hybridized carbons (Fsp3) is 0.316. The van der Waals surface area contributed by atoms with Crippen LogP contribution in [-0.2, 0) is 16.0 Å². The summed E-state index contributed by atoms with van der Waals surface area (Å²) < 4.78 is 0. The topological polar surface area (TPSA) is 63.2 Å². The number of nitrogens with one attached hydrogen (secondary N) is 1. The number of carbonyl (C=O) groups excluding carboxylic acids is 3. The van der Waals surface area contributed by atoms with Gasteiger partial charge < -0.3 is 10.1 Å². The van der Waals surface area contributed by atoms with Crippen LogP contribution in [0.15, 0.2) is 43.0 Å². The van der Waals surface area contributed by atoms with Crippen LogP contribution >= 0.6 is 0 Å². The summed E-state index contributed by atoms with van der Waals surface area (Å²) >= 11 is 0. The molecule has 1 atom stereocenters. The first-order chi connectivity index (χ1) is 11.0. The Morgan fingerprint density at radius 2 is 2.09 bits per heavy atom. The van der Waals surface area contributed by atoms with Gasteiger partial charge in [-0.2, -0.15) is 0 Å². The molecule has 0 aromatic heterocycles. The molecule has 0 aliphatic rings. The summed E-state index contributed by atoms with van der Waals surface area (Å²) in [6.07, 6.45) is 7.10. The molecule has 0 saturated heterocycles. The molecule has 1 aromatic rings. The third kappa shape index (κ3) is 5.33. The number of rotatable bonds is 10. The molecule has 0 fully saturated rings. The molecular formula is C19H23NO3. The van der Waals surface area contributed by atoms with Crippen LogP contribution in [0.4, 0.5) is 5.69 Å². The molecule has 1 unspecified atom stereocenters. The van der Waals surface area contributed by atoms with Crippen LogP contribution in [0.5, 0.6) is 0 Å². The average molecular weight is 313 g/mol. The highest BCUT2D eigenvalue weighted by Crippen LogP contribution is 2.22. The molecule has 0 spiro atoms. The van der Waals surface area contributed by atoms with E-state index in [1.807, 2.05) is 18.2 Å². The Morgan fingerprint density at radius 1 is 1.35 bits per heavy atom. The first kappa shape index (κ1) is 18.6. The van der Waals surface area contributed by atoms with Crippen LogP contribution < -0.4 is 5.32 Å². The van der Waals surface area contributed by atoms with Crippen molar-refractivity contribution in [2.75, 3.05) is 12.4 Å². The van der Waals surface area contributed by atoms with E-state index in [0.717, 1.165) is 17.5 Å². The zero-order valence-corrected chi connectivity index (χ0v) is 13.7. The fourth-order valence-electron chi connectivity index (χ4n) is 2.45. The molecule has 0 aliphatic carbocycles. The standard InChI is InChI=1S/C19H23NO3/c1-4-19(23)15(9-7-13-21)8-5-11-17-16(14(2)22)10-6-12-18(17)20-3/h4-6,8,10,12-13,15,20H,1,7,9,11H2,2-3H3/b8-5+. The average Bonchev–Trinajstić information content (AvgIpc) is 2.56. The molecule has 1 aromatic carbocycles. The molecule has 0 amide bonds. The van der Waals surface area contributed by atoms with E-state index in [1.165, 1.54) is 13.0 Å². The highest BCUT2D eigenvalue weighted by molar-refractivity contribution is 5.97. The first-order valence-corrected chi connectivity index (χ1v) is 7.62. The molecule has 0 radical (unpaired) electrons. The summed E-state index contributed by atoms with van der Waals surface area (Å²) in [7, 11) is 1.81. The van der Waals surface area contributed by atoms with E-state index in [9.17, 15) is 14.4 Å². The van der Waals surface area contributed by atoms with Gasteiger partial charge in [0, 0.05) is 30.6 Å². The van der Waals surface area contributed by atoms with Crippen molar-refractivity contribution in [2.45, 2.75) is 26.2 Å². The second-order valence-electron chi connectivity index (χ2n) is 5.23. The van der Waals surface area contributed by atoms with Gasteiger partial charge in [0.25, 0.3) is 0 Å². The lowest BCUT2D eigenvalue weighted by atomic mass is 9.95. The van der Waals surface area contributed by atoms with Crippen molar-refractivity contribution in [1.82, 2.24) is 0 Å². The molecule has 1 N–H and O–H groups in total. The van der Waals surface area contributed by atoms with Gasteiger partial charge >= 0.3 is 0 Å². The predicted molar refractivity (Wildman–Crippen MR) is 92.8 cm³/mol.